The number of hydrogen-bond acceptors (Lipinski definition) is 3. The number of carbonyl (C=O) groups is 1. The second kappa shape index (κ2) is 5.38. The maximum absolute atomic E-state index is 10.2. The fraction of sp³-hybridized carbons (Fsp3) is 0.875. The smallest absolute Gasteiger partial charge is 0.403 e. The molecular weight excluding hydrogens is 180 g/mol. The van der Waals surface area contributed by atoms with Crippen LogP contribution < -0.4 is 0 Å². The SMILES string of the molecule is CCOC(C)(C)CCOC(=O)Cl. The Morgan fingerprint density at radius 1 is 1.50 bits per heavy atom. The van der Waals surface area contributed by atoms with Crippen LogP contribution in [0.2, 0.25) is 0 Å². The summed E-state index contributed by atoms with van der Waals surface area (Å²) in [6, 6.07) is 0. The molecule has 0 saturated heterocycles. The van der Waals surface area contributed by atoms with Crippen LogP contribution in [0.3, 0.4) is 0 Å². The quantitative estimate of drug-likeness (QED) is 0.631. The number of rotatable bonds is 5. The van der Waals surface area contributed by atoms with Gasteiger partial charge in [-0.05, 0) is 20.8 Å². The number of halogens is 1. The Bertz CT molecular complexity index is 145. The van der Waals surface area contributed by atoms with Gasteiger partial charge in [-0.2, -0.15) is 0 Å². The van der Waals surface area contributed by atoms with Crippen molar-refractivity contribution in [3.05, 3.63) is 0 Å². The van der Waals surface area contributed by atoms with Crippen LogP contribution in [0.5, 0.6) is 0 Å². The highest BCUT2D eigenvalue weighted by molar-refractivity contribution is 6.61. The van der Waals surface area contributed by atoms with Gasteiger partial charge in [0.2, 0.25) is 0 Å². The molecule has 0 aromatic heterocycles. The van der Waals surface area contributed by atoms with E-state index in [0.29, 0.717) is 19.6 Å². The molecule has 0 amide bonds. The maximum atomic E-state index is 10.2. The molecular formula is C8H15ClO3. The molecule has 0 aliphatic carbocycles. The Labute approximate surface area is 78.0 Å². The van der Waals surface area contributed by atoms with Gasteiger partial charge in [0.1, 0.15) is 0 Å². The van der Waals surface area contributed by atoms with Gasteiger partial charge in [-0.3, -0.25) is 0 Å². The summed E-state index contributed by atoms with van der Waals surface area (Å²) in [4.78, 5) is 10.2. The van der Waals surface area contributed by atoms with Crippen LogP contribution in [0, 0.1) is 0 Å². The molecule has 0 bridgehead atoms. The Balaban J connectivity index is 3.53. The minimum Gasteiger partial charge on any atom is -0.454 e. The van der Waals surface area contributed by atoms with E-state index in [2.05, 4.69) is 4.74 Å². The molecule has 0 rings (SSSR count). The third-order valence-corrected chi connectivity index (χ3v) is 1.56. The van der Waals surface area contributed by atoms with Crippen molar-refractivity contribution < 1.29 is 14.3 Å². The molecule has 0 N–H and O–H groups in total. The summed E-state index contributed by atoms with van der Waals surface area (Å²) < 4.78 is 9.95. The highest BCUT2D eigenvalue weighted by Crippen LogP contribution is 2.14. The topological polar surface area (TPSA) is 35.5 Å². The van der Waals surface area contributed by atoms with Gasteiger partial charge in [0, 0.05) is 24.6 Å². The highest BCUT2D eigenvalue weighted by atomic mass is 35.5. The summed E-state index contributed by atoms with van der Waals surface area (Å²) in [5, 5.41) is 0. The van der Waals surface area contributed by atoms with E-state index in [4.69, 9.17) is 16.3 Å². The summed E-state index contributed by atoms with van der Waals surface area (Å²) in [6.45, 7) is 6.77. The lowest BCUT2D eigenvalue weighted by atomic mass is 10.1. The molecule has 0 aliphatic rings. The molecule has 0 saturated carbocycles. The van der Waals surface area contributed by atoms with Crippen LogP contribution in [-0.4, -0.2) is 24.2 Å². The fourth-order valence-corrected chi connectivity index (χ4v) is 0.917. The van der Waals surface area contributed by atoms with Crippen LogP contribution in [-0.2, 0) is 9.47 Å². The van der Waals surface area contributed by atoms with E-state index in [9.17, 15) is 4.79 Å². The standard InChI is InChI=1S/C8H15ClO3/c1-4-12-8(2,3)5-6-11-7(9)10/h4-6H2,1-3H3. The van der Waals surface area contributed by atoms with Crippen molar-refractivity contribution in [2.45, 2.75) is 32.8 Å². The van der Waals surface area contributed by atoms with Gasteiger partial charge in [-0.1, -0.05) is 0 Å². The zero-order chi connectivity index (χ0) is 9.61. The molecule has 72 valence electrons. The lowest BCUT2D eigenvalue weighted by Gasteiger charge is -2.23. The Hall–Kier alpha value is -0.280. The average molecular weight is 195 g/mol. The number of ether oxygens (including phenoxy) is 2. The first-order valence-electron chi connectivity index (χ1n) is 3.94. The van der Waals surface area contributed by atoms with E-state index < -0.39 is 5.43 Å². The van der Waals surface area contributed by atoms with E-state index in [0.717, 1.165) is 0 Å². The molecule has 0 aromatic rings. The predicted octanol–water partition coefficient (Wildman–Crippen LogP) is 2.57. The van der Waals surface area contributed by atoms with Crippen molar-refractivity contribution in [1.82, 2.24) is 0 Å². The number of hydrogen-bond donors (Lipinski definition) is 0. The van der Waals surface area contributed by atoms with Crippen molar-refractivity contribution in [2.24, 2.45) is 0 Å². The summed E-state index contributed by atoms with van der Waals surface area (Å²) >= 11 is 4.98. The first kappa shape index (κ1) is 11.7. The van der Waals surface area contributed by atoms with E-state index in [-0.39, 0.29) is 5.60 Å². The first-order chi connectivity index (χ1) is 5.48. The summed E-state index contributed by atoms with van der Waals surface area (Å²) in [5.41, 5.74) is -1.01. The lowest BCUT2D eigenvalue weighted by Crippen LogP contribution is -2.26. The van der Waals surface area contributed by atoms with Crippen molar-refractivity contribution in [1.29, 1.82) is 0 Å². The van der Waals surface area contributed by atoms with Gasteiger partial charge in [0.15, 0.2) is 0 Å². The fourth-order valence-electron chi connectivity index (χ4n) is 0.840. The van der Waals surface area contributed by atoms with E-state index in [1.807, 2.05) is 20.8 Å². The third-order valence-electron chi connectivity index (χ3n) is 1.45. The van der Waals surface area contributed by atoms with E-state index >= 15 is 0 Å². The molecule has 0 aliphatic heterocycles. The van der Waals surface area contributed by atoms with Gasteiger partial charge < -0.3 is 9.47 Å². The molecule has 0 fully saturated rings. The molecule has 0 radical (unpaired) electrons. The predicted molar refractivity (Wildman–Crippen MR) is 47.5 cm³/mol. The lowest BCUT2D eigenvalue weighted by molar-refractivity contribution is -0.0261. The maximum Gasteiger partial charge on any atom is 0.403 e. The minimum atomic E-state index is -0.762. The highest BCUT2D eigenvalue weighted by Gasteiger charge is 2.17. The van der Waals surface area contributed by atoms with Crippen LogP contribution in [0.4, 0.5) is 4.79 Å². The average Bonchev–Trinajstić information content (AvgIpc) is 1.85. The van der Waals surface area contributed by atoms with Crippen LogP contribution in [0.1, 0.15) is 27.2 Å². The zero-order valence-electron chi connectivity index (χ0n) is 7.72. The van der Waals surface area contributed by atoms with Crippen molar-refractivity contribution in [3.63, 3.8) is 0 Å². The van der Waals surface area contributed by atoms with Crippen LogP contribution in [0.25, 0.3) is 0 Å². The monoisotopic (exact) mass is 194 g/mol. The number of carbonyl (C=O) groups excluding carboxylic acids is 1. The van der Waals surface area contributed by atoms with E-state index in [1.54, 1.807) is 0 Å². The Morgan fingerprint density at radius 3 is 2.50 bits per heavy atom. The Morgan fingerprint density at radius 2 is 2.08 bits per heavy atom. The molecule has 0 unspecified atom stereocenters. The summed E-state index contributed by atoms with van der Waals surface area (Å²) in [6.07, 6.45) is 0.652. The molecule has 0 atom stereocenters. The molecule has 4 heteroatoms. The van der Waals surface area contributed by atoms with Gasteiger partial charge in [-0.25, -0.2) is 4.79 Å². The second-order valence-corrected chi connectivity index (χ2v) is 3.34. The van der Waals surface area contributed by atoms with Crippen LogP contribution in [0.15, 0.2) is 0 Å². The van der Waals surface area contributed by atoms with Gasteiger partial charge in [0.25, 0.3) is 0 Å². The van der Waals surface area contributed by atoms with Crippen LogP contribution >= 0.6 is 11.6 Å². The second-order valence-electron chi connectivity index (χ2n) is 3.03. The largest absolute Gasteiger partial charge is 0.454 e. The molecule has 3 nitrogen and oxygen atoms in total. The summed E-state index contributed by atoms with van der Waals surface area (Å²) in [7, 11) is 0. The molecule has 12 heavy (non-hydrogen) atoms. The third kappa shape index (κ3) is 6.43. The first-order valence-corrected chi connectivity index (χ1v) is 4.32. The van der Waals surface area contributed by atoms with Gasteiger partial charge in [0.05, 0.1) is 12.2 Å². The summed E-state index contributed by atoms with van der Waals surface area (Å²) in [5.74, 6) is 0. The normalized spacial score (nSPS) is 11.3. The minimum absolute atomic E-state index is 0.249. The van der Waals surface area contributed by atoms with Crippen molar-refractivity contribution in [3.8, 4) is 0 Å². The van der Waals surface area contributed by atoms with E-state index in [1.165, 1.54) is 0 Å². The molecule has 0 spiro atoms. The van der Waals surface area contributed by atoms with Crippen molar-refractivity contribution in [2.75, 3.05) is 13.2 Å². The Kier molecular flexibility index (Phi) is 5.25. The molecule has 0 heterocycles. The van der Waals surface area contributed by atoms with Crippen molar-refractivity contribution >= 4 is 17.0 Å². The van der Waals surface area contributed by atoms with Gasteiger partial charge in [-0.15, -0.1) is 0 Å². The van der Waals surface area contributed by atoms with Gasteiger partial charge >= 0.3 is 5.43 Å². The molecule has 0 aromatic carbocycles. The zero-order valence-corrected chi connectivity index (χ0v) is 8.48.